The summed E-state index contributed by atoms with van der Waals surface area (Å²) in [6, 6.07) is 9.71. The molecule has 0 spiro atoms. The maximum absolute atomic E-state index is 12.1. The molecule has 3 aromatic rings. The van der Waals surface area contributed by atoms with E-state index in [1.807, 2.05) is 30.3 Å². The van der Waals surface area contributed by atoms with E-state index < -0.39 is 0 Å². The number of nitrogens with zero attached hydrogens (tertiary/aromatic N) is 3. The van der Waals surface area contributed by atoms with E-state index >= 15 is 0 Å². The number of para-hydroxylation sites is 1. The topological polar surface area (TPSA) is 63.6 Å². The Morgan fingerprint density at radius 3 is 2.86 bits per heavy atom. The molecule has 2 aromatic heterocycles. The number of rotatable bonds is 5. The number of H-pyrrole nitrogens is 1. The zero-order valence-electron chi connectivity index (χ0n) is 11.7. The molecule has 0 saturated heterocycles. The van der Waals surface area contributed by atoms with Crippen molar-refractivity contribution in [2.24, 2.45) is 0 Å². The molecule has 0 aliphatic rings. The molecule has 0 radical (unpaired) electrons. The third kappa shape index (κ3) is 2.85. The molecule has 6 heteroatoms. The van der Waals surface area contributed by atoms with Gasteiger partial charge in [0.15, 0.2) is 10.8 Å². The van der Waals surface area contributed by atoms with Gasteiger partial charge < -0.3 is 4.98 Å². The minimum absolute atomic E-state index is 0.138. The number of fused-ring (bicyclic) bond motifs is 1. The van der Waals surface area contributed by atoms with E-state index in [1.165, 1.54) is 0 Å². The van der Waals surface area contributed by atoms with Crippen LogP contribution in [0.1, 0.15) is 19.8 Å². The molecule has 1 N–H and O–H groups in total. The van der Waals surface area contributed by atoms with Crippen molar-refractivity contribution in [1.82, 2.24) is 19.7 Å². The smallest absolute Gasteiger partial charge is 0.262 e. The predicted octanol–water partition coefficient (Wildman–Crippen LogP) is 3.00. The number of nitrogens with one attached hydrogen (secondary N) is 1. The van der Waals surface area contributed by atoms with Gasteiger partial charge in [0.05, 0.1) is 11.9 Å². The molecular weight excluding hydrogens is 284 g/mol. The van der Waals surface area contributed by atoms with Gasteiger partial charge >= 0.3 is 0 Å². The average molecular weight is 300 g/mol. The van der Waals surface area contributed by atoms with Crippen molar-refractivity contribution >= 4 is 22.8 Å². The Balaban J connectivity index is 2.05. The van der Waals surface area contributed by atoms with Crippen molar-refractivity contribution in [3.8, 4) is 5.69 Å². The van der Waals surface area contributed by atoms with Crippen molar-refractivity contribution in [2.45, 2.75) is 24.9 Å². The summed E-state index contributed by atoms with van der Waals surface area (Å²) in [4.78, 5) is 19.5. The van der Waals surface area contributed by atoms with Crippen LogP contribution in [0.5, 0.6) is 0 Å². The Labute approximate surface area is 126 Å². The molecule has 5 nitrogen and oxygen atoms in total. The van der Waals surface area contributed by atoms with Crippen LogP contribution in [0, 0.1) is 0 Å². The van der Waals surface area contributed by atoms with Crippen LogP contribution >= 0.6 is 11.8 Å². The van der Waals surface area contributed by atoms with Crippen LogP contribution in [-0.2, 0) is 0 Å². The highest BCUT2D eigenvalue weighted by molar-refractivity contribution is 7.99. The first-order valence-electron chi connectivity index (χ1n) is 6.96. The van der Waals surface area contributed by atoms with Gasteiger partial charge in [-0.25, -0.2) is 9.67 Å². The number of hydrogen-bond donors (Lipinski definition) is 1. The third-order valence-corrected chi connectivity index (χ3v) is 4.11. The Morgan fingerprint density at radius 2 is 2.10 bits per heavy atom. The lowest BCUT2D eigenvalue weighted by atomic mass is 10.3. The van der Waals surface area contributed by atoms with Crippen LogP contribution in [0.4, 0.5) is 0 Å². The van der Waals surface area contributed by atoms with E-state index in [1.54, 1.807) is 22.6 Å². The van der Waals surface area contributed by atoms with E-state index in [-0.39, 0.29) is 5.56 Å². The normalized spacial score (nSPS) is 11.1. The summed E-state index contributed by atoms with van der Waals surface area (Å²) in [6.45, 7) is 2.14. The molecule has 0 bridgehead atoms. The molecule has 2 heterocycles. The zero-order chi connectivity index (χ0) is 14.7. The molecule has 3 rings (SSSR count). The lowest BCUT2D eigenvalue weighted by molar-refractivity contribution is 0.866. The van der Waals surface area contributed by atoms with Gasteiger partial charge in [0, 0.05) is 5.75 Å². The van der Waals surface area contributed by atoms with Crippen molar-refractivity contribution in [3.05, 3.63) is 46.9 Å². The van der Waals surface area contributed by atoms with Gasteiger partial charge in [0.2, 0.25) is 0 Å². The number of thioether (sulfide) groups is 1. The molecule has 1 aromatic carbocycles. The maximum atomic E-state index is 12.1. The molecule has 21 heavy (non-hydrogen) atoms. The molecule has 0 aliphatic heterocycles. The molecule has 108 valence electrons. The predicted molar refractivity (Wildman–Crippen MR) is 85.1 cm³/mol. The quantitative estimate of drug-likeness (QED) is 0.447. The Kier molecular flexibility index (Phi) is 4.06. The van der Waals surface area contributed by atoms with Gasteiger partial charge in [-0.3, -0.25) is 4.79 Å². The molecule has 0 atom stereocenters. The van der Waals surface area contributed by atoms with Gasteiger partial charge in [-0.2, -0.15) is 5.10 Å². The second kappa shape index (κ2) is 6.13. The van der Waals surface area contributed by atoms with Crippen molar-refractivity contribution < 1.29 is 0 Å². The van der Waals surface area contributed by atoms with Gasteiger partial charge in [0.1, 0.15) is 5.39 Å². The van der Waals surface area contributed by atoms with Gasteiger partial charge in [-0.05, 0) is 18.6 Å². The summed E-state index contributed by atoms with van der Waals surface area (Å²) >= 11 is 1.57. The van der Waals surface area contributed by atoms with Gasteiger partial charge in [-0.15, -0.1) is 0 Å². The molecule has 0 amide bonds. The molecule has 0 aliphatic carbocycles. The highest BCUT2D eigenvalue weighted by atomic mass is 32.2. The summed E-state index contributed by atoms with van der Waals surface area (Å²) < 4.78 is 1.70. The molecule has 0 saturated carbocycles. The van der Waals surface area contributed by atoms with Gasteiger partial charge in [-0.1, -0.05) is 43.3 Å². The monoisotopic (exact) mass is 300 g/mol. The second-order valence-electron chi connectivity index (χ2n) is 4.70. The summed E-state index contributed by atoms with van der Waals surface area (Å²) in [5.74, 6) is 0.949. The fourth-order valence-electron chi connectivity index (χ4n) is 2.04. The molecular formula is C15H16N4OS. The zero-order valence-corrected chi connectivity index (χ0v) is 12.6. The third-order valence-electron chi connectivity index (χ3n) is 3.15. The highest BCUT2D eigenvalue weighted by Gasteiger charge is 2.11. The Bertz CT molecular complexity index is 794. The van der Waals surface area contributed by atoms with Crippen LogP contribution in [0.15, 0.2) is 46.5 Å². The van der Waals surface area contributed by atoms with Crippen LogP contribution in [-0.4, -0.2) is 25.5 Å². The van der Waals surface area contributed by atoms with E-state index in [4.69, 9.17) is 0 Å². The number of unbranched alkanes of at least 4 members (excludes halogenated alkanes) is 1. The number of hydrogen-bond acceptors (Lipinski definition) is 4. The molecule has 0 fully saturated rings. The molecule has 0 unspecified atom stereocenters. The van der Waals surface area contributed by atoms with Crippen LogP contribution < -0.4 is 5.56 Å². The van der Waals surface area contributed by atoms with Gasteiger partial charge in [0.25, 0.3) is 5.56 Å². The first-order chi connectivity index (χ1) is 10.3. The van der Waals surface area contributed by atoms with E-state index in [0.717, 1.165) is 24.3 Å². The minimum atomic E-state index is -0.138. The number of aromatic amines is 1. The average Bonchev–Trinajstić information content (AvgIpc) is 2.93. The van der Waals surface area contributed by atoms with E-state index in [0.29, 0.717) is 16.2 Å². The first-order valence-corrected chi connectivity index (χ1v) is 7.94. The lowest BCUT2D eigenvalue weighted by Gasteiger charge is -2.04. The second-order valence-corrected chi connectivity index (χ2v) is 5.79. The largest absolute Gasteiger partial charge is 0.301 e. The summed E-state index contributed by atoms with van der Waals surface area (Å²) in [7, 11) is 0. The van der Waals surface area contributed by atoms with Crippen molar-refractivity contribution in [1.29, 1.82) is 0 Å². The number of aromatic nitrogens is 4. The van der Waals surface area contributed by atoms with Crippen molar-refractivity contribution in [3.63, 3.8) is 0 Å². The fraction of sp³-hybridized carbons (Fsp3) is 0.267. The maximum Gasteiger partial charge on any atom is 0.262 e. The fourth-order valence-corrected chi connectivity index (χ4v) is 2.98. The summed E-state index contributed by atoms with van der Waals surface area (Å²) in [6.07, 6.45) is 3.79. The number of benzene rings is 1. The summed E-state index contributed by atoms with van der Waals surface area (Å²) in [5.41, 5.74) is 1.36. The van der Waals surface area contributed by atoms with Crippen LogP contribution in [0.3, 0.4) is 0 Å². The van der Waals surface area contributed by atoms with E-state index in [9.17, 15) is 4.79 Å². The van der Waals surface area contributed by atoms with Crippen molar-refractivity contribution in [2.75, 3.05) is 5.75 Å². The van der Waals surface area contributed by atoms with Crippen LogP contribution in [0.25, 0.3) is 16.7 Å². The Morgan fingerprint density at radius 1 is 1.29 bits per heavy atom. The lowest BCUT2D eigenvalue weighted by Crippen LogP contribution is -2.09. The minimum Gasteiger partial charge on any atom is -0.301 e. The Hall–Kier alpha value is -2.08. The van der Waals surface area contributed by atoms with Crippen LogP contribution in [0.2, 0.25) is 0 Å². The SMILES string of the molecule is CCCCSc1nc2c(cnn2-c2ccccc2)c(=O)[nH]1. The highest BCUT2D eigenvalue weighted by Crippen LogP contribution is 2.18. The first kappa shape index (κ1) is 13.9. The standard InChI is InChI=1S/C15H16N4OS/c1-2-3-9-21-15-17-13-12(14(20)18-15)10-16-19(13)11-7-5-4-6-8-11/h4-8,10H,2-3,9H2,1H3,(H,17,18,20). The van der Waals surface area contributed by atoms with E-state index in [2.05, 4.69) is 22.0 Å². The summed E-state index contributed by atoms with van der Waals surface area (Å²) in [5, 5.41) is 5.45.